The molecule has 0 bridgehead atoms. The van der Waals surface area contributed by atoms with Crippen LogP contribution in [0, 0.1) is 0 Å². The van der Waals surface area contributed by atoms with Gasteiger partial charge < -0.3 is 0 Å². The molecule has 0 radical (unpaired) electrons. The van der Waals surface area contributed by atoms with E-state index in [1.54, 1.807) is 6.20 Å². The Morgan fingerprint density at radius 3 is 2.11 bits per heavy atom. The van der Waals surface area contributed by atoms with Crippen LogP contribution in [0.2, 0.25) is 0 Å². The van der Waals surface area contributed by atoms with Crippen LogP contribution >= 0.6 is 0 Å². The summed E-state index contributed by atoms with van der Waals surface area (Å²) in [7, 11) is 0. The van der Waals surface area contributed by atoms with Gasteiger partial charge in [0.15, 0.2) is 0 Å². The molecule has 0 amide bonds. The summed E-state index contributed by atoms with van der Waals surface area (Å²) >= 11 is 0. The van der Waals surface area contributed by atoms with Crippen LogP contribution in [0.5, 0.6) is 0 Å². The van der Waals surface area contributed by atoms with Gasteiger partial charge in [-0.2, -0.15) is 0 Å². The maximum atomic E-state index is 4.07. The SMILES string of the molecule is c1ccc(-c2ccccc2-c2ccnnn2)cc1. The van der Waals surface area contributed by atoms with Crippen LogP contribution in [0.1, 0.15) is 0 Å². The predicted molar refractivity (Wildman–Crippen MR) is 70.7 cm³/mol. The molecule has 0 aliphatic rings. The summed E-state index contributed by atoms with van der Waals surface area (Å²) in [5.41, 5.74) is 4.23. The molecule has 2 aromatic carbocycles. The number of nitrogens with zero attached hydrogens (tertiary/aromatic N) is 3. The van der Waals surface area contributed by atoms with E-state index in [-0.39, 0.29) is 0 Å². The fourth-order valence-electron chi connectivity index (χ4n) is 1.96. The van der Waals surface area contributed by atoms with Gasteiger partial charge in [-0.3, -0.25) is 0 Å². The van der Waals surface area contributed by atoms with E-state index in [0.717, 1.165) is 16.8 Å². The van der Waals surface area contributed by atoms with E-state index in [0.29, 0.717) is 0 Å². The molecular weight excluding hydrogens is 222 g/mol. The lowest BCUT2D eigenvalue weighted by atomic mass is 9.98. The molecule has 0 fully saturated rings. The first kappa shape index (κ1) is 10.6. The molecule has 3 nitrogen and oxygen atoms in total. The zero-order chi connectivity index (χ0) is 12.2. The molecule has 3 heteroatoms. The van der Waals surface area contributed by atoms with E-state index in [4.69, 9.17) is 0 Å². The topological polar surface area (TPSA) is 38.7 Å². The number of rotatable bonds is 2. The third-order valence-electron chi connectivity index (χ3n) is 2.79. The van der Waals surface area contributed by atoms with Crippen LogP contribution in [0.4, 0.5) is 0 Å². The molecule has 0 spiro atoms. The first-order chi connectivity index (χ1) is 8.95. The zero-order valence-electron chi connectivity index (χ0n) is 9.69. The van der Waals surface area contributed by atoms with Gasteiger partial charge in [-0.05, 0) is 22.4 Å². The second-order valence-corrected chi connectivity index (χ2v) is 3.92. The average molecular weight is 233 g/mol. The molecule has 3 aromatic rings. The van der Waals surface area contributed by atoms with E-state index in [1.165, 1.54) is 5.56 Å². The van der Waals surface area contributed by atoms with E-state index < -0.39 is 0 Å². The third kappa shape index (κ3) is 1.98. The Hall–Kier alpha value is -2.55. The minimum absolute atomic E-state index is 0.837. The van der Waals surface area contributed by atoms with Crippen molar-refractivity contribution in [2.24, 2.45) is 0 Å². The summed E-state index contributed by atoms with van der Waals surface area (Å²) in [5.74, 6) is 0. The van der Waals surface area contributed by atoms with Crippen LogP contribution in [-0.2, 0) is 0 Å². The molecule has 0 aliphatic heterocycles. The Labute approximate surface area is 105 Å². The lowest BCUT2D eigenvalue weighted by Gasteiger charge is -2.08. The van der Waals surface area contributed by atoms with E-state index in [9.17, 15) is 0 Å². The van der Waals surface area contributed by atoms with E-state index in [2.05, 4.69) is 33.6 Å². The highest BCUT2D eigenvalue weighted by Gasteiger charge is 2.07. The van der Waals surface area contributed by atoms with Crippen LogP contribution < -0.4 is 0 Å². The van der Waals surface area contributed by atoms with Crippen LogP contribution in [0.25, 0.3) is 22.4 Å². The molecule has 0 atom stereocenters. The average Bonchev–Trinajstić information content (AvgIpc) is 2.49. The molecule has 1 heterocycles. The van der Waals surface area contributed by atoms with Gasteiger partial charge in [0.1, 0.15) is 0 Å². The number of hydrogen-bond donors (Lipinski definition) is 0. The Kier molecular flexibility index (Phi) is 2.80. The summed E-state index contributed by atoms with van der Waals surface area (Å²) in [6.07, 6.45) is 1.66. The van der Waals surface area contributed by atoms with Crippen molar-refractivity contribution >= 4 is 0 Å². The standard InChI is InChI=1S/C15H11N3/c1-2-6-12(7-3-1)13-8-4-5-9-14(13)15-10-11-16-18-17-15/h1-11H. The highest BCUT2D eigenvalue weighted by molar-refractivity contribution is 5.81. The van der Waals surface area contributed by atoms with Gasteiger partial charge in [0, 0.05) is 5.56 Å². The summed E-state index contributed by atoms with van der Waals surface area (Å²) in [5, 5.41) is 11.5. The fraction of sp³-hybridized carbons (Fsp3) is 0. The van der Waals surface area contributed by atoms with Gasteiger partial charge in [0.25, 0.3) is 0 Å². The number of aromatic nitrogens is 3. The normalized spacial score (nSPS) is 10.2. The molecule has 1 aromatic heterocycles. The van der Waals surface area contributed by atoms with Crippen molar-refractivity contribution in [2.75, 3.05) is 0 Å². The highest BCUT2D eigenvalue weighted by atomic mass is 15.3. The lowest BCUT2D eigenvalue weighted by Crippen LogP contribution is -1.91. The van der Waals surface area contributed by atoms with Gasteiger partial charge in [0.05, 0.1) is 11.9 Å². The molecule has 0 saturated carbocycles. The van der Waals surface area contributed by atoms with Gasteiger partial charge in [-0.15, -0.1) is 10.2 Å². The monoisotopic (exact) mass is 233 g/mol. The number of hydrogen-bond acceptors (Lipinski definition) is 3. The van der Waals surface area contributed by atoms with Crippen molar-refractivity contribution < 1.29 is 0 Å². The Morgan fingerprint density at radius 2 is 1.39 bits per heavy atom. The molecule has 0 saturated heterocycles. The smallest absolute Gasteiger partial charge is 0.0969 e. The number of benzene rings is 2. The maximum absolute atomic E-state index is 4.07. The zero-order valence-corrected chi connectivity index (χ0v) is 9.69. The third-order valence-corrected chi connectivity index (χ3v) is 2.79. The Morgan fingerprint density at radius 1 is 0.667 bits per heavy atom. The summed E-state index contributed by atoms with van der Waals surface area (Å²) in [6.45, 7) is 0. The molecule has 0 N–H and O–H groups in total. The lowest BCUT2D eigenvalue weighted by molar-refractivity contribution is 0.871. The van der Waals surface area contributed by atoms with Gasteiger partial charge >= 0.3 is 0 Å². The quantitative estimate of drug-likeness (QED) is 0.682. The highest BCUT2D eigenvalue weighted by Crippen LogP contribution is 2.29. The fourth-order valence-corrected chi connectivity index (χ4v) is 1.96. The van der Waals surface area contributed by atoms with Crippen LogP contribution in [-0.4, -0.2) is 15.4 Å². The second-order valence-electron chi connectivity index (χ2n) is 3.92. The molecule has 18 heavy (non-hydrogen) atoms. The van der Waals surface area contributed by atoms with Crippen molar-refractivity contribution in [3.8, 4) is 22.4 Å². The summed E-state index contributed by atoms with van der Waals surface area (Å²) < 4.78 is 0. The first-order valence-electron chi connectivity index (χ1n) is 5.74. The van der Waals surface area contributed by atoms with E-state index in [1.807, 2.05) is 42.5 Å². The predicted octanol–water partition coefficient (Wildman–Crippen LogP) is 3.21. The largest absolute Gasteiger partial charge is 0.139 e. The van der Waals surface area contributed by atoms with Gasteiger partial charge in [-0.1, -0.05) is 54.6 Å². The minimum Gasteiger partial charge on any atom is -0.139 e. The van der Waals surface area contributed by atoms with Crippen LogP contribution in [0.15, 0.2) is 66.9 Å². The summed E-state index contributed by atoms with van der Waals surface area (Å²) in [6, 6.07) is 20.3. The first-order valence-corrected chi connectivity index (χ1v) is 5.74. The second kappa shape index (κ2) is 4.75. The Bertz CT molecular complexity index is 578. The molecule has 0 unspecified atom stereocenters. The molecule has 0 aliphatic carbocycles. The van der Waals surface area contributed by atoms with Gasteiger partial charge in [-0.25, -0.2) is 0 Å². The van der Waals surface area contributed by atoms with Crippen molar-refractivity contribution in [1.29, 1.82) is 0 Å². The van der Waals surface area contributed by atoms with Crippen molar-refractivity contribution in [3.63, 3.8) is 0 Å². The maximum Gasteiger partial charge on any atom is 0.0969 e. The van der Waals surface area contributed by atoms with Crippen molar-refractivity contribution in [1.82, 2.24) is 15.4 Å². The minimum atomic E-state index is 0.837. The van der Waals surface area contributed by atoms with Crippen LogP contribution in [0.3, 0.4) is 0 Å². The molecular formula is C15H11N3. The molecule has 3 rings (SSSR count). The summed E-state index contributed by atoms with van der Waals surface area (Å²) in [4.78, 5) is 0. The van der Waals surface area contributed by atoms with Gasteiger partial charge in [0.2, 0.25) is 0 Å². The van der Waals surface area contributed by atoms with E-state index >= 15 is 0 Å². The molecule has 86 valence electrons. The van der Waals surface area contributed by atoms with Crippen molar-refractivity contribution in [3.05, 3.63) is 66.9 Å². The van der Waals surface area contributed by atoms with Crippen molar-refractivity contribution in [2.45, 2.75) is 0 Å². The Balaban J connectivity index is 2.18.